The third-order valence-electron chi connectivity index (χ3n) is 5.25. The average Bonchev–Trinajstić information content (AvgIpc) is 2.83. The van der Waals surface area contributed by atoms with Crippen LogP contribution in [0.15, 0.2) is 59.5 Å². The fourth-order valence-electron chi connectivity index (χ4n) is 3.39. The molecule has 186 valence electrons. The van der Waals surface area contributed by atoms with E-state index < -0.39 is 10.0 Å². The van der Waals surface area contributed by atoms with E-state index in [2.05, 4.69) is 0 Å². The molecule has 1 heterocycles. The Balaban J connectivity index is 2.14. The molecule has 7 nitrogen and oxygen atoms in total. The van der Waals surface area contributed by atoms with Crippen molar-refractivity contribution in [1.82, 2.24) is 4.98 Å². The van der Waals surface area contributed by atoms with Crippen LogP contribution in [0.3, 0.4) is 0 Å². The van der Waals surface area contributed by atoms with E-state index in [1.165, 1.54) is 24.3 Å². The number of primary sulfonamides is 1. The number of hydrogen-bond acceptors (Lipinski definition) is 6. The maximum atomic E-state index is 13.6. The van der Waals surface area contributed by atoms with Crippen molar-refractivity contribution in [3.05, 3.63) is 66.0 Å². The van der Waals surface area contributed by atoms with Gasteiger partial charge in [0.1, 0.15) is 12.4 Å². The molecule has 0 saturated carbocycles. The molecule has 0 amide bonds. The highest BCUT2D eigenvalue weighted by molar-refractivity contribution is 7.89. The predicted molar refractivity (Wildman–Crippen MR) is 132 cm³/mol. The van der Waals surface area contributed by atoms with Gasteiger partial charge in [-0.3, -0.25) is 4.79 Å². The molecule has 0 atom stereocenters. The van der Waals surface area contributed by atoms with Gasteiger partial charge in [0.15, 0.2) is 0 Å². The Morgan fingerprint density at radius 1 is 1.00 bits per heavy atom. The average molecular weight is 501 g/mol. The Hall–Kier alpha value is -3.30. The third kappa shape index (κ3) is 7.10. The number of carbonyl (C=O) groups excluding carboxylic acids is 1. The highest BCUT2D eigenvalue weighted by atomic mass is 32.2. The number of esters is 1. The third-order valence-corrected chi connectivity index (χ3v) is 6.18. The van der Waals surface area contributed by atoms with Gasteiger partial charge < -0.3 is 9.47 Å². The number of carbonyl (C=O) groups is 1. The van der Waals surface area contributed by atoms with E-state index in [-0.39, 0.29) is 23.3 Å². The van der Waals surface area contributed by atoms with Gasteiger partial charge in [-0.15, -0.1) is 0 Å². The van der Waals surface area contributed by atoms with E-state index in [4.69, 9.17) is 19.6 Å². The summed E-state index contributed by atoms with van der Waals surface area (Å²) in [6.07, 6.45) is 2.72. The molecule has 0 saturated heterocycles. The van der Waals surface area contributed by atoms with E-state index in [0.717, 1.165) is 12.8 Å². The summed E-state index contributed by atoms with van der Waals surface area (Å²) in [5.41, 5.74) is 3.03. The van der Waals surface area contributed by atoms with Crippen LogP contribution in [0, 0.1) is 5.82 Å². The number of nitrogens with two attached hydrogens (primary N) is 1. The molecule has 35 heavy (non-hydrogen) atoms. The number of ether oxygens (including phenoxy) is 2. The van der Waals surface area contributed by atoms with E-state index in [1.54, 1.807) is 30.3 Å². The standard InChI is InChI=1S/C26H29FN2O5S/c1-3-5-15-33-26-20(17-34-24(30)6-4-2)16-23(18-9-13-22(14-10-18)35(28,31)32)25(29-26)19-7-11-21(27)12-8-19/h7-14,16H,3-6,15,17H2,1-2H3,(H2,28,31,32). The number of unbranched alkanes of at least 4 members (excludes halogenated alkanes) is 1. The molecule has 1 aromatic heterocycles. The number of sulfonamides is 1. The van der Waals surface area contributed by atoms with Gasteiger partial charge in [0.2, 0.25) is 15.9 Å². The Morgan fingerprint density at radius 2 is 1.66 bits per heavy atom. The Morgan fingerprint density at radius 3 is 2.26 bits per heavy atom. The van der Waals surface area contributed by atoms with Gasteiger partial charge in [0.25, 0.3) is 0 Å². The highest BCUT2D eigenvalue weighted by Crippen LogP contribution is 2.35. The van der Waals surface area contributed by atoms with Crippen LogP contribution in [0.25, 0.3) is 22.4 Å². The van der Waals surface area contributed by atoms with Gasteiger partial charge in [0.05, 0.1) is 22.8 Å². The SMILES string of the molecule is CCCCOc1nc(-c2ccc(F)cc2)c(-c2ccc(S(N)(=O)=O)cc2)cc1COC(=O)CCC. The van der Waals surface area contributed by atoms with Gasteiger partial charge in [-0.1, -0.05) is 32.4 Å². The molecule has 0 bridgehead atoms. The number of pyridine rings is 1. The molecule has 0 aliphatic heterocycles. The summed E-state index contributed by atoms with van der Waals surface area (Å²) in [5, 5.41) is 5.23. The molecule has 2 aromatic carbocycles. The second-order valence-electron chi connectivity index (χ2n) is 8.04. The van der Waals surface area contributed by atoms with Crippen molar-refractivity contribution in [3.63, 3.8) is 0 Å². The van der Waals surface area contributed by atoms with Gasteiger partial charge in [0, 0.05) is 17.5 Å². The van der Waals surface area contributed by atoms with Crippen molar-refractivity contribution in [3.8, 4) is 28.3 Å². The maximum absolute atomic E-state index is 13.6. The van der Waals surface area contributed by atoms with Gasteiger partial charge in [-0.25, -0.2) is 22.9 Å². The Labute approximate surface area is 205 Å². The minimum absolute atomic E-state index is 0.0224. The summed E-state index contributed by atoms with van der Waals surface area (Å²) in [6, 6.07) is 13.7. The van der Waals surface area contributed by atoms with Crippen molar-refractivity contribution >= 4 is 16.0 Å². The fraction of sp³-hybridized carbons (Fsp3) is 0.308. The van der Waals surface area contributed by atoms with E-state index in [0.29, 0.717) is 53.3 Å². The second-order valence-corrected chi connectivity index (χ2v) is 9.60. The number of halogens is 1. The zero-order valence-electron chi connectivity index (χ0n) is 19.8. The molecule has 0 spiro atoms. The van der Waals surface area contributed by atoms with E-state index in [1.807, 2.05) is 13.8 Å². The van der Waals surface area contributed by atoms with Crippen LogP contribution in [-0.4, -0.2) is 26.0 Å². The van der Waals surface area contributed by atoms with Crippen LogP contribution in [0.5, 0.6) is 5.88 Å². The topological polar surface area (TPSA) is 109 Å². The zero-order valence-corrected chi connectivity index (χ0v) is 20.6. The van der Waals surface area contributed by atoms with Gasteiger partial charge >= 0.3 is 5.97 Å². The van der Waals surface area contributed by atoms with E-state index >= 15 is 0 Å². The lowest BCUT2D eigenvalue weighted by Crippen LogP contribution is -2.11. The van der Waals surface area contributed by atoms with Crippen molar-refractivity contribution in [2.24, 2.45) is 5.14 Å². The Kier molecular flexibility index (Phi) is 8.95. The van der Waals surface area contributed by atoms with Crippen molar-refractivity contribution in [1.29, 1.82) is 0 Å². The van der Waals surface area contributed by atoms with Crippen LogP contribution < -0.4 is 9.88 Å². The molecule has 0 radical (unpaired) electrons. The summed E-state index contributed by atoms with van der Waals surface area (Å²) in [6.45, 7) is 4.34. The number of rotatable bonds is 11. The smallest absolute Gasteiger partial charge is 0.306 e. The van der Waals surface area contributed by atoms with Crippen LogP contribution in [0.2, 0.25) is 0 Å². The molecule has 0 unspecified atom stereocenters. The number of aromatic nitrogens is 1. The Bertz CT molecular complexity index is 1260. The first-order valence-corrected chi connectivity index (χ1v) is 13.0. The highest BCUT2D eigenvalue weighted by Gasteiger charge is 2.18. The fourth-order valence-corrected chi connectivity index (χ4v) is 3.90. The first-order chi connectivity index (χ1) is 16.7. The molecule has 0 fully saturated rings. The lowest BCUT2D eigenvalue weighted by atomic mass is 9.97. The van der Waals surface area contributed by atoms with Crippen molar-refractivity contribution in [2.45, 2.75) is 51.0 Å². The predicted octanol–water partition coefficient (Wildman–Crippen LogP) is 5.22. The first kappa shape index (κ1) is 26.3. The summed E-state index contributed by atoms with van der Waals surface area (Å²) in [5.74, 6) is -0.382. The van der Waals surface area contributed by atoms with Gasteiger partial charge in [-0.2, -0.15) is 0 Å². The number of nitrogens with zero attached hydrogens (tertiary/aromatic N) is 1. The molecular formula is C26H29FN2O5S. The number of hydrogen-bond donors (Lipinski definition) is 1. The maximum Gasteiger partial charge on any atom is 0.306 e. The zero-order chi connectivity index (χ0) is 25.4. The second kappa shape index (κ2) is 11.9. The van der Waals surface area contributed by atoms with Crippen LogP contribution >= 0.6 is 0 Å². The lowest BCUT2D eigenvalue weighted by molar-refractivity contribution is -0.145. The summed E-state index contributed by atoms with van der Waals surface area (Å²) < 4.78 is 48.4. The normalized spacial score (nSPS) is 11.3. The molecule has 3 rings (SSSR count). The molecule has 0 aliphatic rings. The van der Waals surface area contributed by atoms with E-state index in [9.17, 15) is 17.6 Å². The molecule has 2 N–H and O–H groups in total. The largest absolute Gasteiger partial charge is 0.477 e. The van der Waals surface area contributed by atoms with Gasteiger partial charge in [-0.05, 0) is 60.9 Å². The summed E-state index contributed by atoms with van der Waals surface area (Å²) >= 11 is 0. The van der Waals surface area contributed by atoms with Crippen LogP contribution in [-0.2, 0) is 26.2 Å². The minimum Gasteiger partial charge on any atom is -0.477 e. The van der Waals surface area contributed by atoms with Crippen molar-refractivity contribution in [2.75, 3.05) is 6.61 Å². The first-order valence-electron chi connectivity index (χ1n) is 11.4. The van der Waals surface area contributed by atoms with Crippen LogP contribution in [0.4, 0.5) is 4.39 Å². The monoisotopic (exact) mass is 500 g/mol. The molecule has 0 aliphatic carbocycles. The minimum atomic E-state index is -3.85. The molecule has 3 aromatic rings. The number of benzene rings is 2. The van der Waals surface area contributed by atoms with Crippen LogP contribution in [0.1, 0.15) is 45.1 Å². The van der Waals surface area contributed by atoms with Crippen molar-refractivity contribution < 1.29 is 27.1 Å². The quantitative estimate of drug-likeness (QED) is 0.285. The molecule has 9 heteroatoms. The molecular weight excluding hydrogens is 471 g/mol. The summed E-state index contributed by atoms with van der Waals surface area (Å²) in [4.78, 5) is 16.7. The lowest BCUT2D eigenvalue weighted by Gasteiger charge is -2.17. The summed E-state index contributed by atoms with van der Waals surface area (Å²) in [7, 11) is -3.85.